The van der Waals surface area contributed by atoms with Crippen LogP contribution in [0, 0.1) is 5.82 Å². The molecular weight excluding hydrogens is 261 g/mol. The predicted molar refractivity (Wildman–Crippen MR) is 72.7 cm³/mol. The van der Waals surface area contributed by atoms with Crippen molar-refractivity contribution in [2.45, 2.75) is 13.5 Å². The molecular formula is C13H16FN5O. The summed E-state index contributed by atoms with van der Waals surface area (Å²) in [6, 6.07) is 2.97. The first-order valence-electron chi connectivity index (χ1n) is 6.26. The number of anilines is 1. The Balaban J connectivity index is 2.09. The molecule has 2 aromatic rings. The average Bonchev–Trinajstić information content (AvgIpc) is 2.84. The minimum Gasteiger partial charge on any atom is -0.370 e. The summed E-state index contributed by atoms with van der Waals surface area (Å²) in [6.45, 7) is 2.75. The van der Waals surface area contributed by atoms with Crippen LogP contribution >= 0.6 is 0 Å². The first-order valence-corrected chi connectivity index (χ1v) is 6.26. The maximum absolute atomic E-state index is 13.2. The van der Waals surface area contributed by atoms with Crippen molar-refractivity contribution in [2.75, 3.05) is 11.9 Å². The molecule has 6 nitrogen and oxygen atoms in total. The number of hydrogen-bond acceptors (Lipinski definition) is 4. The maximum Gasteiger partial charge on any atom is 0.255 e. The second kappa shape index (κ2) is 6.14. The van der Waals surface area contributed by atoms with Gasteiger partial charge >= 0.3 is 0 Å². The number of aromatic nitrogens is 3. The highest BCUT2D eigenvalue weighted by Gasteiger charge is 2.13. The third-order valence-corrected chi connectivity index (χ3v) is 2.64. The average molecular weight is 277 g/mol. The summed E-state index contributed by atoms with van der Waals surface area (Å²) in [5.41, 5.74) is 0.915. The van der Waals surface area contributed by atoms with Crippen molar-refractivity contribution >= 4 is 11.7 Å². The zero-order chi connectivity index (χ0) is 14.5. The molecule has 0 aromatic carbocycles. The number of nitrogens with zero attached hydrogens (tertiary/aromatic N) is 3. The standard InChI is InChI=1S/C13H16FN5O/c1-3-15-12-11(6-9(14)7-16-12)13(20)17-8-10-4-5-19(2)18-10/h4-7H,3,8H2,1-2H3,(H,15,16)(H,17,20). The molecule has 0 fully saturated rings. The third kappa shape index (κ3) is 3.31. The SMILES string of the molecule is CCNc1ncc(F)cc1C(=O)NCc1ccn(C)n1. The Morgan fingerprint density at radius 2 is 2.30 bits per heavy atom. The molecule has 2 aromatic heterocycles. The Labute approximate surface area is 116 Å². The van der Waals surface area contributed by atoms with E-state index >= 15 is 0 Å². The molecule has 0 aliphatic carbocycles. The highest BCUT2D eigenvalue weighted by atomic mass is 19.1. The van der Waals surface area contributed by atoms with Crippen molar-refractivity contribution in [3.63, 3.8) is 0 Å². The van der Waals surface area contributed by atoms with Crippen LogP contribution in [0.5, 0.6) is 0 Å². The van der Waals surface area contributed by atoms with E-state index in [0.29, 0.717) is 12.4 Å². The van der Waals surface area contributed by atoms with E-state index in [1.165, 1.54) is 6.07 Å². The minimum atomic E-state index is -0.547. The van der Waals surface area contributed by atoms with Crippen molar-refractivity contribution in [2.24, 2.45) is 7.05 Å². The Hall–Kier alpha value is -2.44. The molecule has 0 saturated carbocycles. The zero-order valence-corrected chi connectivity index (χ0v) is 11.4. The van der Waals surface area contributed by atoms with Gasteiger partial charge in [0.25, 0.3) is 5.91 Å². The van der Waals surface area contributed by atoms with Crippen molar-refractivity contribution in [3.05, 3.63) is 41.6 Å². The largest absolute Gasteiger partial charge is 0.370 e. The highest BCUT2D eigenvalue weighted by Crippen LogP contribution is 2.13. The smallest absolute Gasteiger partial charge is 0.255 e. The Morgan fingerprint density at radius 3 is 2.95 bits per heavy atom. The molecule has 20 heavy (non-hydrogen) atoms. The fraction of sp³-hybridized carbons (Fsp3) is 0.308. The number of aryl methyl sites for hydroxylation is 1. The van der Waals surface area contributed by atoms with Crippen LogP contribution in [0.4, 0.5) is 10.2 Å². The maximum atomic E-state index is 13.2. The quantitative estimate of drug-likeness (QED) is 0.864. The summed E-state index contributed by atoms with van der Waals surface area (Å²) < 4.78 is 14.9. The molecule has 7 heteroatoms. The summed E-state index contributed by atoms with van der Waals surface area (Å²) >= 11 is 0. The summed E-state index contributed by atoms with van der Waals surface area (Å²) in [4.78, 5) is 16.0. The number of halogens is 1. The highest BCUT2D eigenvalue weighted by molar-refractivity contribution is 5.98. The van der Waals surface area contributed by atoms with Crippen LogP contribution in [0.15, 0.2) is 24.5 Å². The van der Waals surface area contributed by atoms with Gasteiger partial charge in [-0.3, -0.25) is 9.48 Å². The van der Waals surface area contributed by atoms with Gasteiger partial charge in [0.1, 0.15) is 11.6 Å². The molecule has 0 radical (unpaired) electrons. The van der Waals surface area contributed by atoms with Gasteiger partial charge in [0.2, 0.25) is 0 Å². The predicted octanol–water partition coefficient (Wildman–Crippen LogP) is 1.32. The van der Waals surface area contributed by atoms with E-state index in [2.05, 4.69) is 20.7 Å². The van der Waals surface area contributed by atoms with Crippen molar-refractivity contribution < 1.29 is 9.18 Å². The molecule has 2 heterocycles. The molecule has 0 aliphatic heterocycles. The van der Waals surface area contributed by atoms with E-state index in [-0.39, 0.29) is 12.1 Å². The molecule has 0 atom stereocenters. The number of rotatable bonds is 5. The molecule has 0 saturated heterocycles. The van der Waals surface area contributed by atoms with Crippen molar-refractivity contribution in [1.82, 2.24) is 20.1 Å². The van der Waals surface area contributed by atoms with Crippen molar-refractivity contribution in [1.29, 1.82) is 0 Å². The summed E-state index contributed by atoms with van der Waals surface area (Å²) in [5, 5.41) is 9.77. The molecule has 2 rings (SSSR count). The number of pyridine rings is 1. The van der Waals surface area contributed by atoms with Crippen LogP contribution < -0.4 is 10.6 Å². The van der Waals surface area contributed by atoms with Crippen LogP contribution in [-0.2, 0) is 13.6 Å². The second-order valence-electron chi connectivity index (χ2n) is 4.24. The van der Waals surface area contributed by atoms with Gasteiger partial charge in [-0.15, -0.1) is 0 Å². The minimum absolute atomic E-state index is 0.183. The van der Waals surface area contributed by atoms with E-state index in [4.69, 9.17) is 0 Å². The number of carbonyl (C=O) groups is 1. The lowest BCUT2D eigenvalue weighted by atomic mass is 10.2. The molecule has 0 bridgehead atoms. The third-order valence-electron chi connectivity index (χ3n) is 2.64. The molecule has 0 spiro atoms. The lowest BCUT2D eigenvalue weighted by molar-refractivity contribution is 0.0950. The number of nitrogens with one attached hydrogen (secondary N) is 2. The number of carbonyl (C=O) groups excluding carboxylic acids is 1. The van der Waals surface area contributed by atoms with Crippen LogP contribution in [0.1, 0.15) is 23.0 Å². The van der Waals surface area contributed by atoms with Gasteiger partial charge in [-0.05, 0) is 19.1 Å². The number of hydrogen-bond donors (Lipinski definition) is 2. The fourth-order valence-electron chi connectivity index (χ4n) is 1.74. The van der Waals surface area contributed by atoms with E-state index in [0.717, 1.165) is 11.9 Å². The monoisotopic (exact) mass is 277 g/mol. The summed E-state index contributed by atoms with van der Waals surface area (Å²) in [5.74, 6) is -0.569. The Kier molecular flexibility index (Phi) is 4.29. The summed E-state index contributed by atoms with van der Waals surface area (Å²) in [7, 11) is 1.80. The van der Waals surface area contributed by atoms with E-state index in [9.17, 15) is 9.18 Å². The Bertz CT molecular complexity index is 611. The van der Waals surface area contributed by atoms with E-state index in [1.807, 2.05) is 6.92 Å². The summed E-state index contributed by atoms with van der Waals surface area (Å²) in [6.07, 6.45) is 2.86. The van der Waals surface area contributed by atoms with Crippen molar-refractivity contribution in [3.8, 4) is 0 Å². The topological polar surface area (TPSA) is 71.8 Å². The van der Waals surface area contributed by atoms with Gasteiger partial charge < -0.3 is 10.6 Å². The molecule has 0 aliphatic rings. The van der Waals surface area contributed by atoms with Gasteiger partial charge in [-0.2, -0.15) is 5.10 Å². The molecule has 2 N–H and O–H groups in total. The second-order valence-corrected chi connectivity index (χ2v) is 4.24. The lowest BCUT2D eigenvalue weighted by Gasteiger charge is -2.09. The van der Waals surface area contributed by atoms with Gasteiger partial charge in [-0.25, -0.2) is 9.37 Å². The molecule has 106 valence electrons. The first kappa shape index (κ1) is 14.0. The van der Waals surface area contributed by atoms with Gasteiger partial charge in [0, 0.05) is 19.8 Å². The lowest BCUT2D eigenvalue weighted by Crippen LogP contribution is -2.25. The number of amides is 1. The Morgan fingerprint density at radius 1 is 1.50 bits per heavy atom. The molecule has 1 amide bonds. The van der Waals surface area contributed by atoms with Crippen LogP contribution in [0.2, 0.25) is 0 Å². The first-order chi connectivity index (χ1) is 9.60. The normalized spacial score (nSPS) is 10.3. The van der Waals surface area contributed by atoms with E-state index in [1.54, 1.807) is 24.0 Å². The fourth-order valence-corrected chi connectivity index (χ4v) is 1.74. The van der Waals surface area contributed by atoms with Gasteiger partial charge in [0.05, 0.1) is 24.0 Å². The van der Waals surface area contributed by atoms with Crippen LogP contribution in [-0.4, -0.2) is 27.2 Å². The van der Waals surface area contributed by atoms with Crippen LogP contribution in [0.25, 0.3) is 0 Å². The molecule has 0 unspecified atom stereocenters. The van der Waals surface area contributed by atoms with E-state index < -0.39 is 11.7 Å². The van der Waals surface area contributed by atoms with Gasteiger partial charge in [-0.1, -0.05) is 0 Å². The van der Waals surface area contributed by atoms with Gasteiger partial charge in [0.15, 0.2) is 0 Å². The van der Waals surface area contributed by atoms with Crippen LogP contribution in [0.3, 0.4) is 0 Å². The zero-order valence-electron chi connectivity index (χ0n) is 11.4.